The van der Waals surface area contributed by atoms with Gasteiger partial charge in [-0.2, -0.15) is 0 Å². The van der Waals surface area contributed by atoms with Crippen molar-refractivity contribution in [1.82, 2.24) is 5.32 Å². The minimum atomic E-state index is -0.176. The van der Waals surface area contributed by atoms with Gasteiger partial charge in [0.05, 0.1) is 0 Å². The molecule has 1 aromatic carbocycles. The molecule has 0 saturated heterocycles. The molecule has 112 valence electrons. The summed E-state index contributed by atoms with van der Waals surface area (Å²) in [7, 11) is 0. The number of hydrogen-bond acceptors (Lipinski definition) is 4. The fourth-order valence-corrected chi connectivity index (χ4v) is 1.50. The highest BCUT2D eigenvalue weighted by Gasteiger charge is 2.04. The lowest BCUT2D eigenvalue weighted by atomic mass is 10.1. The van der Waals surface area contributed by atoms with E-state index < -0.39 is 0 Å². The highest BCUT2D eigenvalue weighted by Crippen LogP contribution is 2.13. The third kappa shape index (κ3) is 7.11. The van der Waals surface area contributed by atoms with Crippen LogP contribution in [0.25, 0.3) is 0 Å². The van der Waals surface area contributed by atoms with Crippen LogP contribution in [0.5, 0.6) is 5.75 Å². The van der Waals surface area contributed by atoms with Gasteiger partial charge in [-0.3, -0.25) is 9.59 Å². The molecule has 5 nitrogen and oxygen atoms in total. The number of ketones is 1. The summed E-state index contributed by atoms with van der Waals surface area (Å²) in [5.74, 6) is 0.312. The molecular weight excluding hydrogens is 280 g/mol. The predicted octanol–water partition coefficient (Wildman–Crippen LogP) is 1.54. The van der Waals surface area contributed by atoms with E-state index in [2.05, 4.69) is 5.32 Å². The SMILES string of the molecule is CC(=O)c1cccc(OCC(=O)NCCCCN)c1.Cl. The Morgan fingerprint density at radius 3 is 2.70 bits per heavy atom. The van der Waals surface area contributed by atoms with Crippen LogP contribution in [-0.2, 0) is 4.79 Å². The molecule has 0 heterocycles. The molecule has 1 rings (SSSR count). The van der Waals surface area contributed by atoms with E-state index in [1.807, 2.05) is 0 Å². The zero-order valence-electron chi connectivity index (χ0n) is 11.6. The summed E-state index contributed by atoms with van der Waals surface area (Å²) in [5, 5.41) is 2.74. The molecule has 0 bridgehead atoms. The van der Waals surface area contributed by atoms with Crippen molar-refractivity contribution in [3.05, 3.63) is 29.8 Å². The molecular formula is C14H21ClN2O3. The van der Waals surface area contributed by atoms with Crippen molar-refractivity contribution in [3.63, 3.8) is 0 Å². The van der Waals surface area contributed by atoms with Crippen LogP contribution < -0.4 is 15.8 Å². The van der Waals surface area contributed by atoms with Crippen LogP contribution in [0.2, 0.25) is 0 Å². The van der Waals surface area contributed by atoms with Crippen molar-refractivity contribution in [1.29, 1.82) is 0 Å². The van der Waals surface area contributed by atoms with Gasteiger partial charge < -0.3 is 15.8 Å². The first kappa shape index (κ1) is 18.4. The number of carbonyl (C=O) groups is 2. The van der Waals surface area contributed by atoms with Gasteiger partial charge in [0, 0.05) is 12.1 Å². The number of benzene rings is 1. The number of carbonyl (C=O) groups excluding carboxylic acids is 2. The maximum Gasteiger partial charge on any atom is 0.257 e. The second-order valence-electron chi connectivity index (χ2n) is 4.22. The molecule has 0 aliphatic heterocycles. The lowest BCUT2D eigenvalue weighted by molar-refractivity contribution is -0.123. The normalized spacial score (nSPS) is 9.50. The molecule has 0 radical (unpaired) electrons. The van der Waals surface area contributed by atoms with Gasteiger partial charge in [0.1, 0.15) is 5.75 Å². The Morgan fingerprint density at radius 1 is 1.30 bits per heavy atom. The average molecular weight is 301 g/mol. The molecule has 0 saturated carbocycles. The molecule has 6 heteroatoms. The lowest BCUT2D eigenvalue weighted by Crippen LogP contribution is -2.29. The van der Waals surface area contributed by atoms with Gasteiger partial charge in [0.15, 0.2) is 12.4 Å². The topological polar surface area (TPSA) is 81.4 Å². The molecule has 0 spiro atoms. The van der Waals surface area contributed by atoms with E-state index in [4.69, 9.17) is 10.5 Å². The van der Waals surface area contributed by atoms with Gasteiger partial charge in [-0.15, -0.1) is 12.4 Å². The Bertz CT molecular complexity index is 438. The van der Waals surface area contributed by atoms with Crippen LogP contribution in [0.15, 0.2) is 24.3 Å². The van der Waals surface area contributed by atoms with Gasteiger partial charge in [-0.25, -0.2) is 0 Å². The fraction of sp³-hybridized carbons (Fsp3) is 0.429. The molecule has 1 amide bonds. The summed E-state index contributed by atoms with van der Waals surface area (Å²) in [5.41, 5.74) is 5.92. The first-order chi connectivity index (χ1) is 9.13. The van der Waals surface area contributed by atoms with Gasteiger partial charge in [0.25, 0.3) is 5.91 Å². The molecule has 0 fully saturated rings. The first-order valence-electron chi connectivity index (χ1n) is 6.34. The molecule has 1 aromatic rings. The minimum absolute atomic E-state index is 0. The largest absolute Gasteiger partial charge is 0.484 e. The molecule has 0 atom stereocenters. The molecule has 0 unspecified atom stereocenters. The molecule has 20 heavy (non-hydrogen) atoms. The molecule has 0 aliphatic carbocycles. The maximum atomic E-state index is 11.5. The Morgan fingerprint density at radius 2 is 2.05 bits per heavy atom. The number of amides is 1. The van der Waals surface area contributed by atoms with E-state index in [1.165, 1.54) is 6.92 Å². The zero-order valence-corrected chi connectivity index (χ0v) is 12.4. The number of ether oxygens (including phenoxy) is 1. The number of Topliss-reactive ketones (excluding diaryl/α,β-unsaturated/α-hetero) is 1. The number of nitrogens with two attached hydrogens (primary N) is 1. The Labute approximate surface area is 125 Å². The first-order valence-corrected chi connectivity index (χ1v) is 6.34. The zero-order chi connectivity index (χ0) is 14.1. The lowest BCUT2D eigenvalue weighted by Gasteiger charge is -2.08. The van der Waals surface area contributed by atoms with Crippen molar-refractivity contribution in [2.75, 3.05) is 19.7 Å². The van der Waals surface area contributed by atoms with Crippen LogP contribution >= 0.6 is 12.4 Å². The van der Waals surface area contributed by atoms with E-state index >= 15 is 0 Å². The summed E-state index contributed by atoms with van der Waals surface area (Å²) in [4.78, 5) is 22.7. The van der Waals surface area contributed by atoms with Crippen molar-refractivity contribution < 1.29 is 14.3 Å². The van der Waals surface area contributed by atoms with Crippen LogP contribution in [0.3, 0.4) is 0 Å². The Kier molecular flexibility index (Phi) is 9.41. The van der Waals surface area contributed by atoms with Crippen LogP contribution in [0, 0.1) is 0 Å². The average Bonchev–Trinajstić information content (AvgIpc) is 2.41. The van der Waals surface area contributed by atoms with Crippen LogP contribution in [-0.4, -0.2) is 31.4 Å². The van der Waals surface area contributed by atoms with Crippen molar-refractivity contribution in [2.45, 2.75) is 19.8 Å². The van der Waals surface area contributed by atoms with E-state index in [1.54, 1.807) is 24.3 Å². The molecule has 0 aromatic heterocycles. The summed E-state index contributed by atoms with van der Waals surface area (Å²) in [6.07, 6.45) is 1.75. The predicted molar refractivity (Wildman–Crippen MR) is 80.5 cm³/mol. The van der Waals surface area contributed by atoms with E-state index in [0.717, 1.165) is 12.8 Å². The quantitative estimate of drug-likeness (QED) is 0.564. The van der Waals surface area contributed by atoms with Crippen molar-refractivity contribution in [2.24, 2.45) is 5.73 Å². The number of nitrogens with one attached hydrogen (secondary N) is 1. The van der Waals surface area contributed by atoms with Gasteiger partial charge >= 0.3 is 0 Å². The summed E-state index contributed by atoms with van der Waals surface area (Å²) in [6, 6.07) is 6.78. The smallest absolute Gasteiger partial charge is 0.257 e. The highest BCUT2D eigenvalue weighted by atomic mass is 35.5. The van der Waals surface area contributed by atoms with E-state index in [9.17, 15) is 9.59 Å². The van der Waals surface area contributed by atoms with Crippen LogP contribution in [0.1, 0.15) is 30.1 Å². The third-order valence-corrected chi connectivity index (χ3v) is 2.56. The Balaban J connectivity index is 0.00000361. The number of halogens is 1. The number of rotatable bonds is 8. The van der Waals surface area contributed by atoms with Gasteiger partial charge in [-0.1, -0.05) is 12.1 Å². The van der Waals surface area contributed by atoms with E-state index in [-0.39, 0.29) is 30.7 Å². The second-order valence-corrected chi connectivity index (χ2v) is 4.22. The van der Waals surface area contributed by atoms with Crippen LogP contribution in [0.4, 0.5) is 0 Å². The summed E-state index contributed by atoms with van der Waals surface area (Å²) >= 11 is 0. The van der Waals surface area contributed by atoms with Crippen molar-refractivity contribution >= 4 is 24.1 Å². The maximum absolute atomic E-state index is 11.5. The Hall–Kier alpha value is -1.59. The minimum Gasteiger partial charge on any atom is -0.484 e. The number of hydrogen-bond donors (Lipinski definition) is 2. The summed E-state index contributed by atoms with van der Waals surface area (Å²) in [6.45, 7) is 2.67. The monoisotopic (exact) mass is 300 g/mol. The third-order valence-electron chi connectivity index (χ3n) is 2.56. The summed E-state index contributed by atoms with van der Waals surface area (Å²) < 4.78 is 5.33. The molecule has 0 aliphatic rings. The second kappa shape index (κ2) is 10.2. The van der Waals surface area contributed by atoms with Crippen molar-refractivity contribution in [3.8, 4) is 5.75 Å². The van der Waals surface area contributed by atoms with E-state index in [0.29, 0.717) is 24.4 Å². The van der Waals surface area contributed by atoms with Gasteiger partial charge in [-0.05, 0) is 38.4 Å². The molecule has 3 N–H and O–H groups in total. The number of unbranched alkanes of at least 4 members (excludes halogenated alkanes) is 1. The standard InChI is InChI=1S/C14H20N2O3.ClH/c1-11(17)12-5-4-6-13(9-12)19-10-14(18)16-8-3-2-7-15;/h4-6,9H,2-3,7-8,10,15H2,1H3,(H,16,18);1H. The highest BCUT2D eigenvalue weighted by molar-refractivity contribution is 5.94. The fourth-order valence-electron chi connectivity index (χ4n) is 1.50. The van der Waals surface area contributed by atoms with Gasteiger partial charge in [0.2, 0.25) is 0 Å².